The smallest absolute Gasteiger partial charge is 0.278 e. The van der Waals surface area contributed by atoms with Gasteiger partial charge in [0.15, 0.2) is 17.2 Å². The molecule has 160 valence electrons. The number of hydrogen-bond donors (Lipinski definition) is 1. The van der Waals surface area contributed by atoms with Crippen LogP contribution in [0.25, 0.3) is 0 Å². The van der Waals surface area contributed by atoms with Crippen LogP contribution >= 0.6 is 0 Å². The summed E-state index contributed by atoms with van der Waals surface area (Å²) in [7, 11) is 1.53. The van der Waals surface area contributed by atoms with Crippen LogP contribution in [-0.2, 0) is 6.61 Å². The number of anilines is 1. The normalized spacial score (nSPS) is 10.3. The number of methoxy groups -OCH3 is 1. The summed E-state index contributed by atoms with van der Waals surface area (Å²) in [6, 6.07) is 27.9. The number of benzene rings is 3. The third kappa shape index (κ3) is 5.23. The lowest BCUT2D eigenvalue weighted by molar-refractivity contribution is 0.101. The average molecular weight is 426 g/mol. The van der Waals surface area contributed by atoms with Crippen LogP contribution in [0.2, 0.25) is 0 Å². The number of pyridine rings is 1. The predicted molar refractivity (Wildman–Crippen MR) is 122 cm³/mol. The van der Waals surface area contributed by atoms with Crippen molar-refractivity contribution < 1.29 is 19.0 Å². The molecule has 4 aromatic rings. The molecular weight excluding hydrogens is 404 g/mol. The van der Waals surface area contributed by atoms with Crippen molar-refractivity contribution in [1.29, 1.82) is 0 Å². The zero-order chi connectivity index (χ0) is 22.2. The minimum absolute atomic E-state index is 0.143. The van der Waals surface area contributed by atoms with Gasteiger partial charge in [-0.25, -0.2) is 4.98 Å². The zero-order valence-corrected chi connectivity index (χ0v) is 17.5. The highest BCUT2D eigenvalue weighted by Crippen LogP contribution is 2.31. The van der Waals surface area contributed by atoms with Crippen molar-refractivity contribution in [3.8, 4) is 23.0 Å². The number of para-hydroxylation sites is 1. The van der Waals surface area contributed by atoms with Gasteiger partial charge >= 0.3 is 0 Å². The largest absolute Gasteiger partial charge is 0.493 e. The Kier molecular flexibility index (Phi) is 6.63. The first-order valence-electron chi connectivity index (χ1n) is 10.1. The average Bonchev–Trinajstić information content (AvgIpc) is 2.85. The third-order valence-corrected chi connectivity index (χ3v) is 4.62. The fourth-order valence-electron chi connectivity index (χ4n) is 3.04. The highest BCUT2D eigenvalue weighted by atomic mass is 16.5. The van der Waals surface area contributed by atoms with Crippen LogP contribution < -0.4 is 19.5 Å². The van der Waals surface area contributed by atoms with E-state index in [9.17, 15) is 4.79 Å². The monoisotopic (exact) mass is 426 g/mol. The molecule has 0 saturated heterocycles. The van der Waals surface area contributed by atoms with Crippen LogP contribution in [0.15, 0.2) is 97.2 Å². The molecular formula is C26H22N2O4. The van der Waals surface area contributed by atoms with Gasteiger partial charge in [-0.1, -0.05) is 48.5 Å². The summed E-state index contributed by atoms with van der Waals surface area (Å²) in [5.74, 6) is 1.74. The predicted octanol–water partition coefficient (Wildman–Crippen LogP) is 5.71. The first-order chi connectivity index (χ1) is 15.7. The molecule has 6 heteroatoms. The van der Waals surface area contributed by atoms with Crippen LogP contribution in [0.4, 0.5) is 5.69 Å². The van der Waals surface area contributed by atoms with E-state index in [1.807, 2.05) is 60.7 Å². The molecule has 3 aromatic carbocycles. The second-order valence-electron chi connectivity index (χ2n) is 6.86. The summed E-state index contributed by atoms with van der Waals surface area (Å²) in [4.78, 5) is 17.2. The fourth-order valence-corrected chi connectivity index (χ4v) is 3.04. The Morgan fingerprint density at radius 3 is 2.19 bits per heavy atom. The Morgan fingerprint density at radius 2 is 1.50 bits per heavy atom. The molecule has 0 spiro atoms. The number of carbonyl (C=O) groups is 1. The molecule has 1 aromatic heterocycles. The van der Waals surface area contributed by atoms with E-state index in [-0.39, 0.29) is 12.3 Å². The number of amides is 1. The maximum atomic E-state index is 12.9. The second-order valence-corrected chi connectivity index (χ2v) is 6.86. The van der Waals surface area contributed by atoms with Crippen molar-refractivity contribution in [1.82, 2.24) is 4.98 Å². The summed E-state index contributed by atoms with van der Waals surface area (Å²) < 4.78 is 17.1. The molecule has 0 aliphatic rings. The summed E-state index contributed by atoms with van der Waals surface area (Å²) >= 11 is 0. The molecule has 1 heterocycles. The van der Waals surface area contributed by atoms with Gasteiger partial charge in [-0.15, -0.1) is 0 Å². The van der Waals surface area contributed by atoms with Crippen molar-refractivity contribution in [3.63, 3.8) is 0 Å². The first kappa shape index (κ1) is 20.9. The van der Waals surface area contributed by atoms with E-state index in [4.69, 9.17) is 14.2 Å². The number of aromatic nitrogens is 1. The number of rotatable bonds is 8. The van der Waals surface area contributed by atoms with Crippen molar-refractivity contribution in [2.24, 2.45) is 0 Å². The van der Waals surface area contributed by atoms with Gasteiger partial charge in [-0.2, -0.15) is 0 Å². The maximum Gasteiger partial charge on any atom is 0.278 e. The Morgan fingerprint density at radius 1 is 0.844 bits per heavy atom. The van der Waals surface area contributed by atoms with E-state index in [0.29, 0.717) is 22.9 Å². The molecule has 0 radical (unpaired) electrons. The first-order valence-corrected chi connectivity index (χ1v) is 10.1. The quantitative estimate of drug-likeness (QED) is 0.391. The number of nitrogens with one attached hydrogen (secondary N) is 1. The molecule has 0 bridgehead atoms. The molecule has 0 aliphatic heterocycles. The topological polar surface area (TPSA) is 69.7 Å². The van der Waals surface area contributed by atoms with Gasteiger partial charge in [0.05, 0.1) is 7.11 Å². The molecule has 0 atom stereocenters. The summed E-state index contributed by atoms with van der Waals surface area (Å²) in [5.41, 5.74) is 1.72. The number of nitrogens with zero attached hydrogens (tertiary/aromatic N) is 1. The Balaban J connectivity index is 1.48. The Bertz CT molecular complexity index is 1160. The van der Waals surface area contributed by atoms with Crippen LogP contribution in [-0.4, -0.2) is 18.0 Å². The van der Waals surface area contributed by atoms with E-state index in [1.165, 1.54) is 13.3 Å². The van der Waals surface area contributed by atoms with Crippen LogP contribution in [0.1, 0.15) is 16.1 Å². The standard InChI is InChI=1S/C26H22N2O4/c1-30-23-16-17-27-24(25(23)31-18-19-8-4-2-5-9-19)26(29)28-20-12-14-22(15-13-20)32-21-10-6-3-7-11-21/h2-17H,18H2,1H3,(H,28,29). The molecule has 0 saturated carbocycles. The summed E-state index contributed by atoms with van der Waals surface area (Å²) in [5, 5.41) is 2.85. The number of hydrogen-bond acceptors (Lipinski definition) is 5. The van der Waals surface area contributed by atoms with Crippen molar-refractivity contribution in [3.05, 3.63) is 108 Å². The molecule has 4 rings (SSSR count). The second kappa shape index (κ2) is 10.1. The van der Waals surface area contributed by atoms with Crippen LogP contribution in [0.5, 0.6) is 23.0 Å². The van der Waals surface area contributed by atoms with E-state index in [1.54, 1.807) is 30.3 Å². The summed E-state index contributed by atoms with van der Waals surface area (Å²) in [6.45, 7) is 0.286. The minimum atomic E-state index is -0.399. The minimum Gasteiger partial charge on any atom is -0.493 e. The van der Waals surface area contributed by atoms with Crippen LogP contribution in [0, 0.1) is 0 Å². The molecule has 32 heavy (non-hydrogen) atoms. The molecule has 0 aliphatic carbocycles. The fraction of sp³-hybridized carbons (Fsp3) is 0.0769. The number of ether oxygens (including phenoxy) is 3. The highest BCUT2D eigenvalue weighted by molar-refractivity contribution is 6.05. The third-order valence-electron chi connectivity index (χ3n) is 4.62. The van der Waals surface area contributed by atoms with Gasteiger partial charge in [0.25, 0.3) is 5.91 Å². The van der Waals surface area contributed by atoms with Gasteiger partial charge in [0, 0.05) is 18.0 Å². The lowest BCUT2D eigenvalue weighted by atomic mass is 10.2. The zero-order valence-electron chi connectivity index (χ0n) is 17.5. The molecule has 0 unspecified atom stereocenters. The summed E-state index contributed by atoms with van der Waals surface area (Å²) in [6.07, 6.45) is 1.51. The Hall–Kier alpha value is -4.32. The number of carbonyl (C=O) groups excluding carboxylic acids is 1. The van der Waals surface area contributed by atoms with E-state index in [0.717, 1.165) is 11.3 Å². The van der Waals surface area contributed by atoms with Gasteiger partial charge in [-0.3, -0.25) is 4.79 Å². The van der Waals surface area contributed by atoms with E-state index < -0.39 is 5.91 Å². The lowest BCUT2D eigenvalue weighted by Crippen LogP contribution is -2.16. The SMILES string of the molecule is COc1ccnc(C(=O)Nc2ccc(Oc3ccccc3)cc2)c1OCc1ccccc1. The van der Waals surface area contributed by atoms with Gasteiger partial charge < -0.3 is 19.5 Å². The van der Waals surface area contributed by atoms with Gasteiger partial charge in [-0.05, 0) is 42.0 Å². The molecule has 1 N–H and O–H groups in total. The maximum absolute atomic E-state index is 12.9. The van der Waals surface area contributed by atoms with Crippen molar-refractivity contribution in [2.45, 2.75) is 6.61 Å². The van der Waals surface area contributed by atoms with E-state index in [2.05, 4.69) is 10.3 Å². The van der Waals surface area contributed by atoms with Crippen molar-refractivity contribution in [2.75, 3.05) is 12.4 Å². The van der Waals surface area contributed by atoms with Crippen LogP contribution in [0.3, 0.4) is 0 Å². The van der Waals surface area contributed by atoms with Gasteiger partial charge in [0.1, 0.15) is 18.1 Å². The molecule has 0 fully saturated rings. The van der Waals surface area contributed by atoms with Crippen molar-refractivity contribution >= 4 is 11.6 Å². The highest BCUT2D eigenvalue weighted by Gasteiger charge is 2.19. The molecule has 6 nitrogen and oxygen atoms in total. The van der Waals surface area contributed by atoms with E-state index >= 15 is 0 Å². The molecule has 1 amide bonds. The Labute approximate surface area is 186 Å². The lowest BCUT2D eigenvalue weighted by Gasteiger charge is -2.14. The van der Waals surface area contributed by atoms with Gasteiger partial charge in [0.2, 0.25) is 0 Å².